The first kappa shape index (κ1) is 16.7. The molecule has 0 radical (unpaired) electrons. The molecule has 1 aromatic rings. The standard InChI is InChI=1S/C16H25Cl2N3/c1-3-9-19-15-13(17)11-14(18)16(20-15)21-10-7-5-6-8-12(21)4-2/h11-12H,3-10H2,1-2H3,(H,19,20). The van der Waals surface area contributed by atoms with Gasteiger partial charge in [0.1, 0.15) is 11.6 Å². The lowest BCUT2D eigenvalue weighted by Crippen LogP contribution is -2.35. The number of hydrogen-bond donors (Lipinski definition) is 1. The predicted octanol–water partition coefficient (Wildman–Crippen LogP) is 5.37. The third-order valence-corrected chi connectivity index (χ3v) is 4.64. The molecule has 0 bridgehead atoms. The smallest absolute Gasteiger partial charge is 0.150 e. The first-order valence-corrected chi connectivity index (χ1v) is 8.79. The Kier molecular flexibility index (Phi) is 6.43. The Hall–Kier alpha value is -0.670. The van der Waals surface area contributed by atoms with Gasteiger partial charge in [0, 0.05) is 19.1 Å². The van der Waals surface area contributed by atoms with Crippen LogP contribution in [0, 0.1) is 0 Å². The van der Waals surface area contributed by atoms with Crippen LogP contribution in [0.5, 0.6) is 0 Å². The Bertz CT molecular complexity index is 465. The van der Waals surface area contributed by atoms with Crippen LogP contribution in [0.15, 0.2) is 6.07 Å². The molecular weight excluding hydrogens is 305 g/mol. The summed E-state index contributed by atoms with van der Waals surface area (Å²) in [6.45, 7) is 6.26. The first-order chi connectivity index (χ1) is 10.2. The van der Waals surface area contributed by atoms with E-state index in [2.05, 4.69) is 24.1 Å². The first-order valence-electron chi connectivity index (χ1n) is 8.03. The lowest BCUT2D eigenvalue weighted by molar-refractivity contribution is 0.552. The molecule has 1 unspecified atom stereocenters. The van der Waals surface area contributed by atoms with Gasteiger partial charge >= 0.3 is 0 Å². The monoisotopic (exact) mass is 329 g/mol. The zero-order chi connectivity index (χ0) is 15.2. The highest BCUT2D eigenvalue weighted by Crippen LogP contribution is 2.34. The van der Waals surface area contributed by atoms with Gasteiger partial charge in [-0.15, -0.1) is 0 Å². The summed E-state index contributed by atoms with van der Waals surface area (Å²) in [6.07, 6.45) is 7.17. The highest BCUT2D eigenvalue weighted by molar-refractivity contribution is 6.37. The van der Waals surface area contributed by atoms with E-state index in [1.54, 1.807) is 0 Å². The molecule has 1 aliphatic heterocycles. The van der Waals surface area contributed by atoms with Gasteiger partial charge in [-0.25, -0.2) is 4.98 Å². The van der Waals surface area contributed by atoms with Crippen LogP contribution in [0.3, 0.4) is 0 Å². The van der Waals surface area contributed by atoms with Crippen LogP contribution >= 0.6 is 23.2 Å². The highest BCUT2D eigenvalue weighted by Gasteiger charge is 2.23. The van der Waals surface area contributed by atoms with Gasteiger partial charge in [0.2, 0.25) is 0 Å². The number of nitrogens with zero attached hydrogens (tertiary/aromatic N) is 2. The van der Waals surface area contributed by atoms with E-state index in [0.717, 1.165) is 37.6 Å². The molecular formula is C16H25Cl2N3. The van der Waals surface area contributed by atoms with Crippen LogP contribution < -0.4 is 10.2 Å². The minimum absolute atomic E-state index is 0.526. The average molecular weight is 330 g/mol. The number of rotatable bonds is 5. The van der Waals surface area contributed by atoms with Crippen molar-refractivity contribution >= 4 is 34.8 Å². The largest absolute Gasteiger partial charge is 0.369 e. The van der Waals surface area contributed by atoms with E-state index in [4.69, 9.17) is 28.2 Å². The third-order valence-electron chi connectivity index (χ3n) is 4.07. The predicted molar refractivity (Wildman–Crippen MR) is 92.9 cm³/mol. The molecule has 3 nitrogen and oxygen atoms in total. The molecule has 5 heteroatoms. The summed E-state index contributed by atoms with van der Waals surface area (Å²) in [7, 11) is 0. The van der Waals surface area contributed by atoms with Crippen LogP contribution in [0.25, 0.3) is 0 Å². The Morgan fingerprint density at radius 2 is 2.05 bits per heavy atom. The molecule has 118 valence electrons. The number of hydrogen-bond acceptors (Lipinski definition) is 3. The fourth-order valence-electron chi connectivity index (χ4n) is 2.91. The summed E-state index contributed by atoms with van der Waals surface area (Å²) >= 11 is 12.7. The molecule has 0 saturated carbocycles. The highest BCUT2D eigenvalue weighted by atomic mass is 35.5. The van der Waals surface area contributed by atoms with Gasteiger partial charge in [-0.2, -0.15) is 0 Å². The summed E-state index contributed by atoms with van der Waals surface area (Å²) in [4.78, 5) is 7.10. The molecule has 0 aromatic carbocycles. The van der Waals surface area contributed by atoms with Gasteiger partial charge in [-0.05, 0) is 31.7 Å². The van der Waals surface area contributed by atoms with Crippen molar-refractivity contribution in [3.8, 4) is 0 Å². The second-order valence-electron chi connectivity index (χ2n) is 5.66. The molecule has 0 amide bonds. The van der Waals surface area contributed by atoms with E-state index in [0.29, 0.717) is 16.1 Å². The minimum Gasteiger partial charge on any atom is -0.369 e. The third kappa shape index (κ3) is 4.17. The Morgan fingerprint density at radius 3 is 2.76 bits per heavy atom. The molecule has 2 heterocycles. The molecule has 0 aliphatic carbocycles. The van der Waals surface area contributed by atoms with E-state index >= 15 is 0 Å². The Morgan fingerprint density at radius 1 is 1.24 bits per heavy atom. The molecule has 2 rings (SSSR count). The van der Waals surface area contributed by atoms with Crippen molar-refractivity contribution in [3.63, 3.8) is 0 Å². The summed E-state index contributed by atoms with van der Waals surface area (Å²) < 4.78 is 0. The number of anilines is 2. The maximum atomic E-state index is 6.43. The molecule has 21 heavy (non-hydrogen) atoms. The summed E-state index contributed by atoms with van der Waals surface area (Å²) in [5.74, 6) is 1.63. The number of nitrogens with one attached hydrogen (secondary N) is 1. The second-order valence-corrected chi connectivity index (χ2v) is 6.47. The van der Waals surface area contributed by atoms with E-state index in [1.165, 1.54) is 25.7 Å². The van der Waals surface area contributed by atoms with Gasteiger partial charge < -0.3 is 10.2 Å². The molecule has 1 N–H and O–H groups in total. The lowest BCUT2D eigenvalue weighted by atomic mass is 10.1. The molecule has 1 saturated heterocycles. The number of pyridine rings is 1. The van der Waals surface area contributed by atoms with Gasteiger partial charge in [0.25, 0.3) is 0 Å². The van der Waals surface area contributed by atoms with Crippen LogP contribution in [0.1, 0.15) is 52.4 Å². The normalized spacial score (nSPS) is 19.4. The number of halogens is 2. The Labute approximate surface area is 138 Å². The van der Waals surface area contributed by atoms with Crippen LogP contribution in [-0.4, -0.2) is 24.1 Å². The van der Waals surface area contributed by atoms with Crippen molar-refractivity contribution in [1.82, 2.24) is 4.98 Å². The summed E-state index contributed by atoms with van der Waals surface area (Å²) in [6, 6.07) is 2.35. The topological polar surface area (TPSA) is 28.2 Å². The van der Waals surface area contributed by atoms with Crippen LogP contribution in [0.4, 0.5) is 11.6 Å². The fourth-order valence-corrected chi connectivity index (χ4v) is 3.44. The molecule has 0 spiro atoms. The lowest BCUT2D eigenvalue weighted by Gasteiger charge is -2.31. The van der Waals surface area contributed by atoms with E-state index in [9.17, 15) is 0 Å². The quantitative estimate of drug-likeness (QED) is 0.787. The van der Waals surface area contributed by atoms with Crippen molar-refractivity contribution in [3.05, 3.63) is 16.1 Å². The SMILES string of the molecule is CCCNc1nc(N2CCCCCC2CC)c(Cl)cc1Cl. The fraction of sp³-hybridized carbons (Fsp3) is 0.688. The second kappa shape index (κ2) is 8.09. The maximum Gasteiger partial charge on any atom is 0.150 e. The van der Waals surface area contributed by atoms with Crippen molar-refractivity contribution < 1.29 is 0 Å². The molecule has 1 aliphatic rings. The molecule has 1 fully saturated rings. The van der Waals surface area contributed by atoms with Crippen molar-refractivity contribution in [2.24, 2.45) is 0 Å². The van der Waals surface area contributed by atoms with E-state index in [-0.39, 0.29) is 0 Å². The van der Waals surface area contributed by atoms with Crippen LogP contribution in [0.2, 0.25) is 10.0 Å². The van der Waals surface area contributed by atoms with Gasteiger partial charge in [-0.3, -0.25) is 0 Å². The summed E-state index contributed by atoms with van der Waals surface area (Å²) in [5, 5.41) is 4.54. The molecule has 1 atom stereocenters. The van der Waals surface area contributed by atoms with Crippen LogP contribution in [-0.2, 0) is 0 Å². The van der Waals surface area contributed by atoms with Gasteiger partial charge in [-0.1, -0.05) is 49.9 Å². The minimum atomic E-state index is 0.526. The number of aromatic nitrogens is 1. The average Bonchev–Trinajstić information content (AvgIpc) is 2.71. The zero-order valence-electron chi connectivity index (χ0n) is 13.0. The van der Waals surface area contributed by atoms with E-state index in [1.807, 2.05) is 6.07 Å². The zero-order valence-corrected chi connectivity index (χ0v) is 14.5. The van der Waals surface area contributed by atoms with Gasteiger partial charge in [0.05, 0.1) is 10.0 Å². The van der Waals surface area contributed by atoms with Crippen molar-refractivity contribution in [2.45, 2.75) is 58.4 Å². The van der Waals surface area contributed by atoms with Crippen molar-refractivity contribution in [2.75, 3.05) is 23.3 Å². The van der Waals surface area contributed by atoms with Gasteiger partial charge in [0.15, 0.2) is 0 Å². The van der Waals surface area contributed by atoms with E-state index < -0.39 is 0 Å². The van der Waals surface area contributed by atoms with Crippen molar-refractivity contribution in [1.29, 1.82) is 0 Å². The Balaban J connectivity index is 2.31. The maximum absolute atomic E-state index is 6.43. The molecule has 1 aromatic heterocycles. The summed E-state index contributed by atoms with van der Waals surface area (Å²) in [5.41, 5.74) is 0.